The maximum absolute atomic E-state index is 10.0. The molecule has 0 amide bonds. The highest BCUT2D eigenvalue weighted by molar-refractivity contribution is 5.35. The first kappa shape index (κ1) is 14.4. The summed E-state index contributed by atoms with van der Waals surface area (Å²) in [5.74, 6) is 0.818. The predicted octanol–water partition coefficient (Wildman–Crippen LogP) is 3.47. The quantitative estimate of drug-likeness (QED) is 0.885. The molecule has 1 fully saturated rings. The maximum Gasteiger partial charge on any atom is 0.125 e. The molecule has 1 aliphatic carbocycles. The first-order valence-corrected chi connectivity index (χ1v) is 7.21. The highest BCUT2D eigenvalue weighted by Crippen LogP contribution is 2.31. The lowest BCUT2D eigenvalue weighted by atomic mass is 9.94. The van der Waals surface area contributed by atoms with Gasteiger partial charge < -0.3 is 14.6 Å². The first-order valence-electron chi connectivity index (χ1n) is 7.21. The molecule has 0 aliphatic heterocycles. The van der Waals surface area contributed by atoms with E-state index in [9.17, 15) is 5.11 Å². The number of methoxy groups -OCH3 is 1. The van der Waals surface area contributed by atoms with Crippen molar-refractivity contribution in [3.05, 3.63) is 29.8 Å². The van der Waals surface area contributed by atoms with Gasteiger partial charge in [0.25, 0.3) is 0 Å². The average Bonchev–Trinajstić information content (AvgIpc) is 2.47. The van der Waals surface area contributed by atoms with Crippen LogP contribution in [0.2, 0.25) is 0 Å². The summed E-state index contributed by atoms with van der Waals surface area (Å²) in [7, 11) is 1.77. The largest absolute Gasteiger partial charge is 0.490 e. The van der Waals surface area contributed by atoms with Crippen LogP contribution in [0.5, 0.6) is 5.75 Å². The third-order valence-electron chi connectivity index (χ3n) is 3.87. The van der Waals surface area contributed by atoms with E-state index < -0.39 is 6.10 Å². The van der Waals surface area contributed by atoms with Gasteiger partial charge in [0.1, 0.15) is 11.9 Å². The van der Waals surface area contributed by atoms with Crippen molar-refractivity contribution in [1.29, 1.82) is 0 Å². The Morgan fingerprint density at radius 3 is 2.74 bits per heavy atom. The number of ether oxygens (including phenoxy) is 2. The van der Waals surface area contributed by atoms with E-state index in [4.69, 9.17) is 9.47 Å². The van der Waals surface area contributed by atoms with Crippen molar-refractivity contribution >= 4 is 0 Å². The minimum absolute atomic E-state index is 0.198. The number of rotatable bonds is 5. The van der Waals surface area contributed by atoms with Crippen LogP contribution in [0.15, 0.2) is 24.3 Å². The molecule has 0 heterocycles. The van der Waals surface area contributed by atoms with Crippen molar-refractivity contribution in [1.82, 2.24) is 0 Å². The van der Waals surface area contributed by atoms with E-state index in [0.717, 1.165) is 37.0 Å². The van der Waals surface area contributed by atoms with Crippen molar-refractivity contribution in [3.63, 3.8) is 0 Å². The summed E-state index contributed by atoms with van der Waals surface area (Å²) in [5.41, 5.74) is 0.893. The number of aliphatic hydroxyl groups excluding tert-OH is 1. The normalized spacial score (nSPS) is 25.0. The van der Waals surface area contributed by atoms with Gasteiger partial charge in [-0.2, -0.15) is 0 Å². The summed E-state index contributed by atoms with van der Waals surface area (Å²) in [6.45, 7) is 1.98. The Labute approximate surface area is 115 Å². The molecule has 1 N–H and O–H groups in total. The molecule has 1 saturated carbocycles. The topological polar surface area (TPSA) is 38.7 Å². The third-order valence-corrected chi connectivity index (χ3v) is 3.87. The molecule has 0 spiro atoms. The molecule has 2 rings (SSSR count). The number of hydrogen-bond donors (Lipinski definition) is 1. The summed E-state index contributed by atoms with van der Waals surface area (Å²) in [6.07, 6.45) is 5.02. The minimum atomic E-state index is -0.446. The SMILES string of the molecule is CC[C@@H](O)c1ccccc1OC1CCCC(OC)C1. The summed E-state index contributed by atoms with van der Waals surface area (Å²) in [6, 6.07) is 7.79. The Kier molecular flexibility index (Phi) is 5.23. The lowest BCUT2D eigenvalue weighted by molar-refractivity contribution is 0.0198. The average molecular weight is 264 g/mol. The molecule has 3 nitrogen and oxygen atoms in total. The first-order chi connectivity index (χ1) is 9.24. The van der Waals surface area contributed by atoms with Gasteiger partial charge >= 0.3 is 0 Å². The van der Waals surface area contributed by atoms with Gasteiger partial charge in [0.2, 0.25) is 0 Å². The van der Waals surface area contributed by atoms with Crippen molar-refractivity contribution < 1.29 is 14.6 Å². The van der Waals surface area contributed by atoms with Gasteiger partial charge in [-0.3, -0.25) is 0 Å². The highest BCUT2D eigenvalue weighted by atomic mass is 16.5. The fourth-order valence-corrected chi connectivity index (χ4v) is 2.69. The smallest absolute Gasteiger partial charge is 0.125 e. The van der Waals surface area contributed by atoms with Crippen molar-refractivity contribution in [2.75, 3.05) is 7.11 Å². The molecule has 2 unspecified atom stereocenters. The fraction of sp³-hybridized carbons (Fsp3) is 0.625. The highest BCUT2D eigenvalue weighted by Gasteiger charge is 2.24. The molecule has 106 valence electrons. The Morgan fingerprint density at radius 2 is 2.00 bits per heavy atom. The third kappa shape index (κ3) is 3.71. The molecule has 3 atom stereocenters. The van der Waals surface area contributed by atoms with E-state index in [0.29, 0.717) is 12.5 Å². The molecule has 0 saturated heterocycles. The second-order valence-corrected chi connectivity index (χ2v) is 5.23. The standard InChI is InChI=1S/C16H24O3/c1-3-15(17)14-9-4-5-10-16(14)19-13-8-6-7-12(11-13)18-2/h4-5,9-10,12-13,15,17H,3,6-8,11H2,1-2H3/t12?,13?,15-/m1/s1. The lowest BCUT2D eigenvalue weighted by Gasteiger charge is -2.29. The number of para-hydroxylation sites is 1. The number of aliphatic hydroxyl groups is 1. The van der Waals surface area contributed by atoms with Crippen molar-refractivity contribution in [2.45, 2.75) is 57.3 Å². The van der Waals surface area contributed by atoms with Crippen LogP contribution in [0.25, 0.3) is 0 Å². The zero-order chi connectivity index (χ0) is 13.7. The molecular formula is C16H24O3. The Balaban J connectivity index is 2.06. The van der Waals surface area contributed by atoms with Gasteiger partial charge in [0.15, 0.2) is 0 Å². The molecule has 0 aromatic heterocycles. The van der Waals surface area contributed by atoms with E-state index in [1.165, 1.54) is 0 Å². The summed E-state index contributed by atoms with van der Waals surface area (Å²) < 4.78 is 11.5. The van der Waals surface area contributed by atoms with Crippen LogP contribution in [-0.4, -0.2) is 24.4 Å². The Morgan fingerprint density at radius 1 is 1.26 bits per heavy atom. The molecule has 19 heavy (non-hydrogen) atoms. The predicted molar refractivity (Wildman–Crippen MR) is 75.4 cm³/mol. The monoisotopic (exact) mass is 264 g/mol. The van der Waals surface area contributed by atoms with E-state index in [2.05, 4.69) is 0 Å². The van der Waals surface area contributed by atoms with Gasteiger partial charge in [-0.15, -0.1) is 0 Å². The fourth-order valence-electron chi connectivity index (χ4n) is 2.69. The van der Waals surface area contributed by atoms with Crippen LogP contribution in [-0.2, 0) is 4.74 Å². The van der Waals surface area contributed by atoms with E-state index >= 15 is 0 Å². The zero-order valence-corrected chi connectivity index (χ0v) is 11.8. The second-order valence-electron chi connectivity index (χ2n) is 5.23. The van der Waals surface area contributed by atoms with Crippen molar-refractivity contribution in [2.24, 2.45) is 0 Å². The molecule has 0 bridgehead atoms. The maximum atomic E-state index is 10.0. The summed E-state index contributed by atoms with van der Waals surface area (Å²) in [4.78, 5) is 0. The number of benzene rings is 1. The summed E-state index contributed by atoms with van der Waals surface area (Å²) in [5, 5.41) is 10.0. The molecular weight excluding hydrogens is 240 g/mol. The van der Waals surface area contributed by atoms with Gasteiger partial charge in [-0.25, -0.2) is 0 Å². The molecule has 3 heteroatoms. The lowest BCUT2D eigenvalue weighted by Crippen LogP contribution is -2.29. The Bertz CT molecular complexity index is 391. The number of hydrogen-bond acceptors (Lipinski definition) is 3. The van der Waals surface area contributed by atoms with Crippen LogP contribution in [0.3, 0.4) is 0 Å². The van der Waals surface area contributed by atoms with Crippen LogP contribution in [0.4, 0.5) is 0 Å². The Hall–Kier alpha value is -1.06. The molecule has 1 aromatic rings. The van der Waals surface area contributed by atoms with E-state index in [1.54, 1.807) is 7.11 Å². The van der Waals surface area contributed by atoms with Gasteiger partial charge in [-0.1, -0.05) is 25.1 Å². The van der Waals surface area contributed by atoms with Crippen LogP contribution < -0.4 is 4.74 Å². The van der Waals surface area contributed by atoms with Crippen LogP contribution in [0, 0.1) is 0 Å². The van der Waals surface area contributed by atoms with Crippen LogP contribution >= 0.6 is 0 Å². The van der Waals surface area contributed by atoms with E-state index in [-0.39, 0.29) is 6.10 Å². The van der Waals surface area contributed by atoms with Crippen LogP contribution in [0.1, 0.15) is 50.7 Å². The van der Waals surface area contributed by atoms with Gasteiger partial charge in [0.05, 0.1) is 12.2 Å². The van der Waals surface area contributed by atoms with Gasteiger partial charge in [-0.05, 0) is 31.7 Å². The van der Waals surface area contributed by atoms with Crippen molar-refractivity contribution in [3.8, 4) is 5.75 Å². The molecule has 1 aliphatic rings. The zero-order valence-electron chi connectivity index (χ0n) is 11.8. The molecule has 1 aromatic carbocycles. The summed E-state index contributed by atoms with van der Waals surface area (Å²) >= 11 is 0. The molecule has 0 radical (unpaired) electrons. The van der Waals surface area contributed by atoms with E-state index in [1.807, 2.05) is 31.2 Å². The minimum Gasteiger partial charge on any atom is -0.490 e. The van der Waals surface area contributed by atoms with Gasteiger partial charge in [0, 0.05) is 19.1 Å². The second kappa shape index (κ2) is 6.92.